The van der Waals surface area contributed by atoms with Gasteiger partial charge in [0.25, 0.3) is 0 Å². The molecule has 0 saturated carbocycles. The number of anilines is 1. The fraction of sp³-hybridized carbons (Fsp3) is 0.533. The first kappa shape index (κ1) is 13.6. The zero-order valence-electron chi connectivity index (χ0n) is 11.3. The number of nitrogens with zero attached hydrogens (tertiary/aromatic N) is 2. The highest BCUT2D eigenvalue weighted by molar-refractivity contribution is 5.60. The van der Waals surface area contributed by atoms with Gasteiger partial charge in [0.15, 0.2) is 0 Å². The Hall–Kier alpha value is -1.49. The lowest BCUT2D eigenvalue weighted by Crippen LogP contribution is -2.28. The van der Waals surface area contributed by atoms with E-state index in [0.29, 0.717) is 5.92 Å². The van der Waals surface area contributed by atoms with Gasteiger partial charge in [-0.2, -0.15) is 5.26 Å². The zero-order chi connectivity index (χ0) is 12.8. The Morgan fingerprint density at radius 2 is 2.06 bits per heavy atom. The third-order valence-corrected chi connectivity index (χ3v) is 3.22. The quantitative estimate of drug-likeness (QED) is 0.770. The van der Waals surface area contributed by atoms with Gasteiger partial charge in [-0.15, -0.1) is 0 Å². The Kier molecular flexibility index (Phi) is 5.03. The molecule has 1 rings (SSSR count). The number of hydrogen-bond acceptors (Lipinski definition) is 2. The molecular weight excluding hydrogens is 208 g/mol. The summed E-state index contributed by atoms with van der Waals surface area (Å²) in [6, 6.07) is 8.42. The molecule has 2 heteroatoms. The molecule has 0 aliphatic carbocycles. The third-order valence-electron chi connectivity index (χ3n) is 3.22. The molecule has 0 N–H and O–H groups in total. The van der Waals surface area contributed by atoms with Crippen LogP contribution in [-0.4, -0.2) is 13.1 Å². The molecule has 0 aromatic heterocycles. The van der Waals surface area contributed by atoms with E-state index >= 15 is 0 Å². The molecule has 17 heavy (non-hydrogen) atoms. The topological polar surface area (TPSA) is 27.0 Å². The van der Waals surface area contributed by atoms with Crippen LogP contribution in [0.5, 0.6) is 0 Å². The van der Waals surface area contributed by atoms with Crippen molar-refractivity contribution in [1.29, 1.82) is 5.26 Å². The molecule has 1 aromatic rings. The van der Waals surface area contributed by atoms with Gasteiger partial charge in [-0.25, -0.2) is 0 Å². The largest absolute Gasteiger partial charge is 0.370 e. The molecule has 0 bridgehead atoms. The summed E-state index contributed by atoms with van der Waals surface area (Å²) in [5, 5.41) is 9.20. The average molecular weight is 230 g/mol. The molecule has 0 fully saturated rings. The highest BCUT2D eigenvalue weighted by Gasteiger charge is 2.12. The zero-order valence-corrected chi connectivity index (χ0v) is 11.3. The molecule has 0 amide bonds. The second kappa shape index (κ2) is 6.30. The molecule has 0 radical (unpaired) electrons. The van der Waals surface area contributed by atoms with Gasteiger partial charge in [-0.05, 0) is 37.5 Å². The maximum atomic E-state index is 9.20. The lowest BCUT2D eigenvalue weighted by atomic mass is 10.1. The van der Waals surface area contributed by atoms with Crippen LogP contribution in [0.15, 0.2) is 18.2 Å². The fourth-order valence-electron chi connectivity index (χ4n) is 1.92. The lowest BCUT2D eigenvalue weighted by Gasteiger charge is -2.27. The van der Waals surface area contributed by atoms with E-state index in [-0.39, 0.29) is 0 Å². The lowest BCUT2D eigenvalue weighted by molar-refractivity contribution is 0.548. The van der Waals surface area contributed by atoms with E-state index in [1.807, 2.05) is 13.0 Å². The summed E-state index contributed by atoms with van der Waals surface area (Å²) in [6.07, 6.45) is 1.17. The predicted octanol–water partition coefficient (Wildman–Crippen LogP) is 3.74. The van der Waals surface area contributed by atoms with Crippen LogP contribution in [0, 0.1) is 24.2 Å². The summed E-state index contributed by atoms with van der Waals surface area (Å²) >= 11 is 0. The van der Waals surface area contributed by atoms with Gasteiger partial charge in [-0.3, -0.25) is 0 Å². The maximum Gasteiger partial charge on any atom is 0.101 e. The minimum absolute atomic E-state index is 0.655. The first-order valence-electron chi connectivity index (χ1n) is 6.38. The van der Waals surface area contributed by atoms with E-state index in [9.17, 15) is 5.26 Å². The van der Waals surface area contributed by atoms with Gasteiger partial charge < -0.3 is 4.90 Å². The van der Waals surface area contributed by atoms with Crippen molar-refractivity contribution in [2.45, 2.75) is 34.1 Å². The highest BCUT2D eigenvalue weighted by Crippen LogP contribution is 2.22. The molecule has 92 valence electrons. The first-order valence-corrected chi connectivity index (χ1v) is 6.38. The number of benzene rings is 1. The van der Waals surface area contributed by atoms with Gasteiger partial charge in [0, 0.05) is 13.1 Å². The van der Waals surface area contributed by atoms with Crippen molar-refractivity contribution in [2.75, 3.05) is 18.0 Å². The van der Waals surface area contributed by atoms with E-state index in [4.69, 9.17) is 0 Å². The summed E-state index contributed by atoms with van der Waals surface area (Å²) in [7, 11) is 0. The van der Waals surface area contributed by atoms with Gasteiger partial charge in [-0.1, -0.05) is 26.3 Å². The van der Waals surface area contributed by atoms with Crippen molar-refractivity contribution in [2.24, 2.45) is 5.92 Å². The SMILES string of the molecule is CCC(C)CN(CC)c1ccc(C)cc1C#N. The second-order valence-corrected chi connectivity index (χ2v) is 4.68. The smallest absolute Gasteiger partial charge is 0.101 e. The minimum Gasteiger partial charge on any atom is -0.370 e. The molecule has 2 nitrogen and oxygen atoms in total. The molecule has 1 aromatic carbocycles. The Morgan fingerprint density at radius 3 is 2.59 bits per heavy atom. The summed E-state index contributed by atoms with van der Waals surface area (Å²) in [5.41, 5.74) is 3.00. The van der Waals surface area contributed by atoms with Crippen molar-refractivity contribution < 1.29 is 0 Å². The molecule has 0 heterocycles. The van der Waals surface area contributed by atoms with Crippen molar-refractivity contribution in [1.82, 2.24) is 0 Å². The molecular formula is C15H22N2. The van der Waals surface area contributed by atoms with Gasteiger partial charge in [0.1, 0.15) is 6.07 Å². The Balaban J connectivity index is 3.00. The van der Waals surface area contributed by atoms with Crippen LogP contribution >= 0.6 is 0 Å². The molecule has 1 atom stereocenters. The Bertz CT molecular complexity index is 404. The molecule has 1 unspecified atom stereocenters. The Morgan fingerprint density at radius 1 is 1.35 bits per heavy atom. The number of nitriles is 1. The molecule has 0 aliphatic heterocycles. The van der Waals surface area contributed by atoms with Gasteiger partial charge in [0.2, 0.25) is 0 Å². The Labute approximate surface area is 105 Å². The number of hydrogen-bond donors (Lipinski definition) is 0. The highest BCUT2D eigenvalue weighted by atomic mass is 15.1. The molecule has 0 saturated heterocycles. The van der Waals surface area contributed by atoms with E-state index in [2.05, 4.69) is 43.9 Å². The fourth-order valence-corrected chi connectivity index (χ4v) is 1.92. The van der Waals surface area contributed by atoms with E-state index in [1.54, 1.807) is 0 Å². The summed E-state index contributed by atoms with van der Waals surface area (Å²) in [5.74, 6) is 0.655. The number of aryl methyl sites for hydroxylation is 1. The van der Waals surface area contributed by atoms with Crippen LogP contribution in [0.2, 0.25) is 0 Å². The third kappa shape index (κ3) is 3.49. The van der Waals surface area contributed by atoms with Crippen LogP contribution < -0.4 is 4.90 Å². The van der Waals surface area contributed by atoms with Gasteiger partial charge >= 0.3 is 0 Å². The van der Waals surface area contributed by atoms with Crippen molar-refractivity contribution in [3.05, 3.63) is 29.3 Å². The molecule has 0 aliphatic rings. The average Bonchev–Trinajstić information content (AvgIpc) is 2.35. The van der Waals surface area contributed by atoms with Crippen LogP contribution in [-0.2, 0) is 0 Å². The normalized spacial score (nSPS) is 11.9. The maximum absolute atomic E-state index is 9.20. The van der Waals surface area contributed by atoms with Gasteiger partial charge in [0.05, 0.1) is 11.3 Å². The predicted molar refractivity (Wildman–Crippen MR) is 73.2 cm³/mol. The van der Waals surface area contributed by atoms with Crippen LogP contribution in [0.1, 0.15) is 38.3 Å². The number of rotatable bonds is 5. The van der Waals surface area contributed by atoms with E-state index < -0.39 is 0 Å². The second-order valence-electron chi connectivity index (χ2n) is 4.68. The van der Waals surface area contributed by atoms with Crippen LogP contribution in [0.4, 0.5) is 5.69 Å². The standard InChI is InChI=1S/C15H22N2/c1-5-12(3)11-17(6-2)15-8-7-13(4)9-14(15)10-16/h7-9,12H,5-6,11H2,1-4H3. The van der Waals surface area contributed by atoms with Crippen molar-refractivity contribution in [3.63, 3.8) is 0 Å². The van der Waals surface area contributed by atoms with Crippen molar-refractivity contribution in [3.8, 4) is 6.07 Å². The first-order chi connectivity index (χ1) is 8.12. The van der Waals surface area contributed by atoms with E-state index in [0.717, 1.165) is 29.9 Å². The van der Waals surface area contributed by atoms with Crippen LogP contribution in [0.3, 0.4) is 0 Å². The monoisotopic (exact) mass is 230 g/mol. The van der Waals surface area contributed by atoms with Crippen LogP contribution in [0.25, 0.3) is 0 Å². The summed E-state index contributed by atoms with van der Waals surface area (Å²) < 4.78 is 0. The van der Waals surface area contributed by atoms with Crippen molar-refractivity contribution >= 4 is 5.69 Å². The van der Waals surface area contributed by atoms with E-state index in [1.165, 1.54) is 6.42 Å². The minimum atomic E-state index is 0.655. The summed E-state index contributed by atoms with van der Waals surface area (Å²) in [4.78, 5) is 2.30. The summed E-state index contributed by atoms with van der Waals surface area (Å²) in [6.45, 7) is 10.6. The molecule has 0 spiro atoms.